The Balaban J connectivity index is 2.25. The van der Waals surface area contributed by atoms with Gasteiger partial charge in [0.05, 0.1) is 12.7 Å². The summed E-state index contributed by atoms with van der Waals surface area (Å²) in [6.45, 7) is 2.10. The maximum Gasteiger partial charge on any atom is 0.216 e. The van der Waals surface area contributed by atoms with Gasteiger partial charge in [-0.2, -0.15) is 0 Å². The van der Waals surface area contributed by atoms with E-state index < -0.39 is 0 Å². The van der Waals surface area contributed by atoms with Gasteiger partial charge in [-0.25, -0.2) is 4.98 Å². The molecule has 0 aliphatic carbocycles. The van der Waals surface area contributed by atoms with Crippen LogP contribution in [-0.2, 0) is 13.0 Å². The number of ketones is 1. The predicted octanol–water partition coefficient (Wildman–Crippen LogP) is 2.39. The summed E-state index contributed by atoms with van der Waals surface area (Å²) in [6.07, 6.45) is 0.749. The molecule has 0 atom stereocenters. The molecular weight excluding hydrogens is 262 g/mol. The lowest BCUT2D eigenvalue weighted by Crippen LogP contribution is -2.13. The first-order valence-electron chi connectivity index (χ1n) is 5.97. The number of benzene rings is 1. The van der Waals surface area contributed by atoms with Crippen LogP contribution in [0.4, 0.5) is 0 Å². The van der Waals surface area contributed by atoms with E-state index in [2.05, 4.69) is 10.1 Å². The normalized spacial score (nSPS) is 10.4. The first kappa shape index (κ1) is 13.5. The lowest BCUT2D eigenvalue weighted by molar-refractivity contribution is 0.0964. The van der Waals surface area contributed by atoms with Gasteiger partial charge in [0.25, 0.3) is 0 Å². The van der Waals surface area contributed by atoms with Gasteiger partial charge in [-0.15, -0.1) is 0 Å². The van der Waals surface area contributed by atoms with E-state index in [1.807, 2.05) is 13.0 Å². The molecule has 19 heavy (non-hydrogen) atoms. The number of nitrogens with one attached hydrogen (secondary N) is 1. The molecule has 0 spiro atoms. The zero-order chi connectivity index (χ0) is 13.8. The third-order valence-electron chi connectivity index (χ3n) is 2.77. The number of aromatic nitrogens is 3. The smallest absolute Gasteiger partial charge is 0.216 e. The summed E-state index contributed by atoms with van der Waals surface area (Å²) in [5, 5.41) is 3.01. The number of ether oxygens (including phenoxy) is 1. The quantitative estimate of drug-likeness (QED) is 0.673. The molecule has 100 valence electrons. The van der Waals surface area contributed by atoms with Crippen molar-refractivity contribution >= 4 is 18.0 Å². The summed E-state index contributed by atoms with van der Waals surface area (Å²) in [4.78, 5) is 16.4. The Kier molecular flexibility index (Phi) is 4.11. The van der Waals surface area contributed by atoms with Gasteiger partial charge in [-0.3, -0.25) is 14.6 Å². The number of hydrogen-bond acceptors (Lipinski definition) is 4. The number of aromatic amines is 1. The second-order valence-corrected chi connectivity index (χ2v) is 4.38. The van der Waals surface area contributed by atoms with Gasteiger partial charge in [0, 0.05) is 6.42 Å². The molecule has 0 saturated heterocycles. The number of nitrogens with zero attached hydrogens (tertiary/aromatic N) is 2. The number of carbonyl (C=O) groups is 1. The number of para-hydroxylation sites is 1. The van der Waals surface area contributed by atoms with Crippen molar-refractivity contribution in [1.29, 1.82) is 0 Å². The molecule has 1 aromatic carbocycles. The van der Waals surface area contributed by atoms with Gasteiger partial charge in [0.1, 0.15) is 18.1 Å². The van der Waals surface area contributed by atoms with Crippen LogP contribution in [0.25, 0.3) is 0 Å². The van der Waals surface area contributed by atoms with E-state index in [0.717, 1.165) is 12.2 Å². The largest absolute Gasteiger partial charge is 0.496 e. The number of hydrogen-bond donors (Lipinski definition) is 1. The summed E-state index contributed by atoms with van der Waals surface area (Å²) in [5.74, 6) is 1.27. The zero-order valence-electron chi connectivity index (χ0n) is 10.8. The Morgan fingerprint density at radius 1 is 1.47 bits per heavy atom. The van der Waals surface area contributed by atoms with Crippen molar-refractivity contribution in [1.82, 2.24) is 14.8 Å². The first-order valence-corrected chi connectivity index (χ1v) is 6.38. The van der Waals surface area contributed by atoms with Gasteiger partial charge >= 0.3 is 0 Å². The van der Waals surface area contributed by atoms with Crippen molar-refractivity contribution in [3.05, 3.63) is 40.4 Å². The molecule has 1 N–H and O–H groups in total. The number of carbonyl (C=O) groups excluding carboxylic acids is 1. The molecule has 0 unspecified atom stereocenters. The van der Waals surface area contributed by atoms with Crippen LogP contribution < -0.4 is 4.74 Å². The zero-order valence-corrected chi connectivity index (χ0v) is 11.7. The fraction of sp³-hybridized carbons (Fsp3) is 0.308. The minimum atomic E-state index is -0.0696. The highest BCUT2D eigenvalue weighted by molar-refractivity contribution is 7.71. The number of H-pyrrole nitrogens is 1. The predicted molar refractivity (Wildman–Crippen MR) is 74.1 cm³/mol. The highest BCUT2D eigenvalue weighted by Gasteiger charge is 2.13. The topological polar surface area (TPSA) is 59.9 Å². The number of rotatable bonds is 5. The Morgan fingerprint density at radius 3 is 2.84 bits per heavy atom. The Labute approximate surface area is 116 Å². The van der Waals surface area contributed by atoms with E-state index >= 15 is 0 Å². The van der Waals surface area contributed by atoms with E-state index in [-0.39, 0.29) is 12.3 Å². The van der Waals surface area contributed by atoms with Crippen molar-refractivity contribution in [2.75, 3.05) is 7.11 Å². The van der Waals surface area contributed by atoms with Gasteiger partial charge in [-0.05, 0) is 24.4 Å². The van der Waals surface area contributed by atoms with E-state index in [1.165, 1.54) is 0 Å². The molecule has 5 nitrogen and oxygen atoms in total. The fourth-order valence-electron chi connectivity index (χ4n) is 1.77. The number of aryl methyl sites for hydroxylation is 1. The summed E-state index contributed by atoms with van der Waals surface area (Å²) in [5.41, 5.74) is 0.541. The van der Waals surface area contributed by atoms with E-state index in [0.29, 0.717) is 16.1 Å². The van der Waals surface area contributed by atoms with Crippen LogP contribution in [0, 0.1) is 4.77 Å². The maximum absolute atomic E-state index is 12.2. The maximum atomic E-state index is 12.2. The Morgan fingerprint density at radius 2 is 2.21 bits per heavy atom. The number of methoxy groups -OCH3 is 1. The van der Waals surface area contributed by atoms with Gasteiger partial charge in [0.2, 0.25) is 4.77 Å². The summed E-state index contributed by atoms with van der Waals surface area (Å²) in [6, 6.07) is 7.13. The Hall–Kier alpha value is -1.95. The van der Waals surface area contributed by atoms with Crippen molar-refractivity contribution in [3.8, 4) is 5.75 Å². The second kappa shape index (κ2) is 5.79. The average Bonchev–Trinajstić information content (AvgIpc) is 2.79. The summed E-state index contributed by atoms with van der Waals surface area (Å²) < 4.78 is 7.14. The van der Waals surface area contributed by atoms with E-state index in [1.54, 1.807) is 30.0 Å². The molecule has 0 aliphatic rings. The minimum absolute atomic E-state index is 0.0696. The third kappa shape index (κ3) is 2.90. The molecule has 0 saturated carbocycles. The van der Waals surface area contributed by atoms with Crippen molar-refractivity contribution in [2.45, 2.75) is 19.9 Å². The van der Waals surface area contributed by atoms with Crippen LogP contribution in [0.1, 0.15) is 23.1 Å². The SMILES string of the molecule is CCc1nc(=S)n(CC(=O)c2ccccc2OC)[nH]1. The number of Topliss-reactive ketones (excluding diaryl/α,β-unsaturated/α-hetero) is 1. The molecule has 0 fully saturated rings. The van der Waals surface area contributed by atoms with Crippen LogP contribution >= 0.6 is 12.2 Å². The van der Waals surface area contributed by atoms with E-state index in [4.69, 9.17) is 17.0 Å². The van der Waals surface area contributed by atoms with Crippen LogP contribution in [0.2, 0.25) is 0 Å². The second-order valence-electron chi connectivity index (χ2n) is 4.02. The monoisotopic (exact) mass is 277 g/mol. The van der Waals surface area contributed by atoms with Crippen LogP contribution in [0.3, 0.4) is 0 Å². The molecular formula is C13H15N3O2S. The molecule has 6 heteroatoms. The van der Waals surface area contributed by atoms with Gasteiger partial charge in [0.15, 0.2) is 5.78 Å². The van der Waals surface area contributed by atoms with Crippen LogP contribution in [-0.4, -0.2) is 27.7 Å². The highest BCUT2D eigenvalue weighted by atomic mass is 32.1. The van der Waals surface area contributed by atoms with Crippen LogP contribution in [0.5, 0.6) is 5.75 Å². The standard InChI is InChI=1S/C13H15N3O2S/c1-3-12-14-13(19)16(15-12)8-10(17)9-6-4-5-7-11(9)18-2/h4-7H,3,8H2,1-2H3,(H,14,15,19). The van der Waals surface area contributed by atoms with Crippen molar-refractivity contribution < 1.29 is 9.53 Å². The third-order valence-corrected chi connectivity index (χ3v) is 3.08. The lowest BCUT2D eigenvalue weighted by atomic mass is 10.1. The molecule has 2 aromatic rings. The Bertz CT molecular complexity index is 645. The molecule has 2 rings (SSSR count). The van der Waals surface area contributed by atoms with Crippen LogP contribution in [0.15, 0.2) is 24.3 Å². The highest BCUT2D eigenvalue weighted by Crippen LogP contribution is 2.18. The van der Waals surface area contributed by atoms with Gasteiger partial charge < -0.3 is 4.74 Å². The molecule has 1 aromatic heterocycles. The van der Waals surface area contributed by atoms with Crippen molar-refractivity contribution in [2.24, 2.45) is 0 Å². The lowest BCUT2D eigenvalue weighted by Gasteiger charge is -2.07. The average molecular weight is 277 g/mol. The molecule has 1 heterocycles. The van der Waals surface area contributed by atoms with Crippen molar-refractivity contribution in [3.63, 3.8) is 0 Å². The summed E-state index contributed by atoms with van der Waals surface area (Å²) >= 11 is 5.11. The summed E-state index contributed by atoms with van der Waals surface area (Å²) in [7, 11) is 1.54. The first-order chi connectivity index (χ1) is 9.15. The molecule has 0 aliphatic heterocycles. The fourth-order valence-corrected chi connectivity index (χ4v) is 1.99. The van der Waals surface area contributed by atoms with Gasteiger partial charge in [-0.1, -0.05) is 19.1 Å². The molecule has 0 amide bonds. The minimum Gasteiger partial charge on any atom is -0.496 e. The molecule has 0 radical (unpaired) electrons. The van der Waals surface area contributed by atoms with E-state index in [9.17, 15) is 4.79 Å². The molecule has 0 bridgehead atoms.